The summed E-state index contributed by atoms with van der Waals surface area (Å²) in [5.74, 6) is 0.257. The number of carbonyl (C=O) groups excluding carboxylic acids is 1. The number of rotatable bonds is 9. The van der Waals surface area contributed by atoms with Crippen LogP contribution in [0, 0.1) is 16.7 Å². The molecular formula is C19H21ClN5O6P. The summed E-state index contributed by atoms with van der Waals surface area (Å²) in [6, 6.07) is 9.66. The molecule has 0 bridgehead atoms. The minimum Gasteiger partial charge on any atom is -0.413 e. The van der Waals surface area contributed by atoms with Crippen LogP contribution in [0.3, 0.4) is 0 Å². The number of hydrogen-bond acceptors (Lipinski definition) is 9. The first-order valence-electron chi connectivity index (χ1n) is 9.48. The summed E-state index contributed by atoms with van der Waals surface area (Å²) in [6.45, 7) is 1.12. The molecule has 3 rings (SSSR count). The Balaban J connectivity index is 1.75. The van der Waals surface area contributed by atoms with Gasteiger partial charge in [0.1, 0.15) is 23.3 Å². The predicted molar refractivity (Wildman–Crippen MR) is 115 cm³/mol. The highest BCUT2D eigenvalue weighted by Crippen LogP contribution is 2.48. The third-order valence-electron chi connectivity index (χ3n) is 4.72. The zero-order valence-corrected chi connectivity index (χ0v) is 18.7. The molecule has 2 heterocycles. The highest BCUT2D eigenvalue weighted by atomic mass is 35.5. The van der Waals surface area contributed by atoms with E-state index in [2.05, 4.69) is 16.1 Å². The maximum atomic E-state index is 13.1. The number of ether oxygens (including phenoxy) is 1. The summed E-state index contributed by atoms with van der Waals surface area (Å²) in [4.78, 5) is 26.7. The van der Waals surface area contributed by atoms with Crippen LogP contribution in [-0.2, 0) is 18.6 Å². The van der Waals surface area contributed by atoms with Gasteiger partial charge in [0.2, 0.25) is 0 Å². The summed E-state index contributed by atoms with van der Waals surface area (Å²) in [5.41, 5.74) is 3.77. The van der Waals surface area contributed by atoms with Crippen LogP contribution in [0.15, 0.2) is 41.3 Å². The summed E-state index contributed by atoms with van der Waals surface area (Å²) >= 11 is 5.84. The van der Waals surface area contributed by atoms with Crippen LogP contribution in [0.25, 0.3) is 0 Å². The Bertz CT molecular complexity index is 1120. The number of hydrogen-bond donors (Lipinski definition) is 2. The predicted octanol–water partition coefficient (Wildman–Crippen LogP) is 2.29. The molecule has 0 aliphatic carbocycles. The SMILES string of the molecule is CC1(C#N)CC(COP(=O)(NCC=O)Oc2ccc(Cl)cc2)OC1n1ccc(N)nc1=O. The van der Waals surface area contributed by atoms with Crippen molar-refractivity contribution < 1.29 is 23.1 Å². The smallest absolute Gasteiger partial charge is 0.413 e. The van der Waals surface area contributed by atoms with Crippen molar-refractivity contribution in [2.24, 2.45) is 5.41 Å². The van der Waals surface area contributed by atoms with E-state index in [4.69, 9.17) is 31.1 Å². The molecule has 0 saturated carbocycles. The molecule has 1 fully saturated rings. The minimum absolute atomic E-state index is 0.0457. The number of nitriles is 1. The average Bonchev–Trinajstić information content (AvgIpc) is 3.10. The maximum absolute atomic E-state index is 13.1. The molecule has 3 N–H and O–H groups in total. The third-order valence-corrected chi connectivity index (χ3v) is 6.48. The zero-order valence-electron chi connectivity index (χ0n) is 17.0. The number of aromatic nitrogens is 2. The molecule has 1 aromatic carbocycles. The van der Waals surface area contributed by atoms with Crippen molar-refractivity contribution >= 4 is 31.5 Å². The zero-order chi connectivity index (χ0) is 23.4. The highest BCUT2D eigenvalue weighted by molar-refractivity contribution is 7.52. The Kier molecular flexibility index (Phi) is 7.33. The lowest BCUT2D eigenvalue weighted by molar-refractivity contribution is -0.107. The van der Waals surface area contributed by atoms with Gasteiger partial charge in [0.15, 0.2) is 6.23 Å². The fraction of sp³-hybridized carbons (Fsp3) is 0.368. The number of nitrogens with two attached hydrogens (primary N) is 1. The van der Waals surface area contributed by atoms with E-state index < -0.39 is 31.2 Å². The number of anilines is 1. The standard InChI is InChI=1S/C19H21ClN5O6P/c1-19(12-21)10-15(30-17(19)25-8-6-16(22)24-18(25)27)11-29-32(28,23-7-9-26)31-14-4-2-13(20)3-5-14/h2-6,8-9,15,17H,7,10-11H2,1H3,(H,23,28)(H2,22,24,27). The molecule has 0 spiro atoms. The molecule has 0 radical (unpaired) electrons. The first-order valence-corrected chi connectivity index (χ1v) is 11.4. The molecule has 11 nitrogen and oxygen atoms in total. The molecule has 32 heavy (non-hydrogen) atoms. The van der Waals surface area contributed by atoms with Gasteiger partial charge in [-0.2, -0.15) is 10.2 Å². The Labute approximate surface area is 188 Å². The van der Waals surface area contributed by atoms with Gasteiger partial charge in [-0.1, -0.05) is 11.6 Å². The minimum atomic E-state index is -3.97. The lowest BCUT2D eigenvalue weighted by Crippen LogP contribution is -2.33. The van der Waals surface area contributed by atoms with Crippen LogP contribution >= 0.6 is 19.3 Å². The number of nitrogen functional groups attached to an aromatic ring is 1. The molecule has 13 heteroatoms. The molecule has 4 atom stereocenters. The van der Waals surface area contributed by atoms with Crippen molar-refractivity contribution in [1.29, 1.82) is 5.26 Å². The molecule has 1 aliphatic rings. The van der Waals surface area contributed by atoms with E-state index in [9.17, 15) is 19.4 Å². The molecular weight excluding hydrogens is 461 g/mol. The maximum Gasteiger partial charge on any atom is 0.459 e. The molecule has 1 aliphatic heterocycles. The van der Waals surface area contributed by atoms with Crippen molar-refractivity contribution in [3.63, 3.8) is 0 Å². The first-order chi connectivity index (χ1) is 15.2. The highest BCUT2D eigenvalue weighted by Gasteiger charge is 2.48. The summed E-state index contributed by atoms with van der Waals surface area (Å²) in [5, 5.41) is 12.6. The Morgan fingerprint density at radius 3 is 2.81 bits per heavy atom. The van der Waals surface area contributed by atoms with Gasteiger partial charge >= 0.3 is 13.4 Å². The van der Waals surface area contributed by atoms with Gasteiger partial charge < -0.3 is 19.8 Å². The topological polar surface area (TPSA) is 159 Å². The second kappa shape index (κ2) is 9.81. The van der Waals surface area contributed by atoms with Crippen LogP contribution in [0.5, 0.6) is 5.75 Å². The average molecular weight is 482 g/mol. The molecule has 4 unspecified atom stereocenters. The van der Waals surface area contributed by atoms with Gasteiger partial charge in [-0.3, -0.25) is 9.09 Å². The van der Waals surface area contributed by atoms with Crippen molar-refractivity contribution in [3.8, 4) is 11.8 Å². The normalized spacial score (nSPS) is 24.4. The molecule has 1 saturated heterocycles. The summed E-state index contributed by atoms with van der Waals surface area (Å²) in [6.07, 6.45) is 0.431. The quantitative estimate of drug-likeness (QED) is 0.402. The molecule has 0 amide bonds. The third kappa shape index (κ3) is 5.54. The van der Waals surface area contributed by atoms with Crippen LogP contribution in [0.2, 0.25) is 5.02 Å². The summed E-state index contributed by atoms with van der Waals surface area (Å²) < 4.78 is 31.1. The van der Waals surface area contributed by atoms with Crippen LogP contribution in [-0.4, -0.2) is 35.1 Å². The van der Waals surface area contributed by atoms with Crippen LogP contribution < -0.4 is 21.0 Å². The number of aldehydes is 1. The van der Waals surface area contributed by atoms with E-state index in [-0.39, 0.29) is 31.1 Å². The van der Waals surface area contributed by atoms with Crippen LogP contribution in [0.1, 0.15) is 19.6 Å². The Hall–Kier alpha value is -2.74. The first kappa shape index (κ1) is 23.9. The second-order valence-corrected chi connectivity index (χ2v) is 9.44. The van der Waals surface area contributed by atoms with E-state index >= 15 is 0 Å². The lowest BCUT2D eigenvalue weighted by Gasteiger charge is -2.23. The number of halogens is 1. The Morgan fingerprint density at radius 1 is 1.47 bits per heavy atom. The van der Waals surface area contributed by atoms with Crippen molar-refractivity contribution in [2.45, 2.75) is 25.7 Å². The van der Waals surface area contributed by atoms with Crippen LogP contribution in [0.4, 0.5) is 5.82 Å². The monoisotopic (exact) mass is 481 g/mol. The van der Waals surface area contributed by atoms with E-state index in [0.717, 1.165) is 0 Å². The largest absolute Gasteiger partial charge is 0.459 e. The number of carbonyl (C=O) groups is 1. The van der Waals surface area contributed by atoms with E-state index in [0.29, 0.717) is 11.3 Å². The van der Waals surface area contributed by atoms with Gasteiger partial charge in [-0.15, -0.1) is 0 Å². The second-order valence-electron chi connectivity index (χ2n) is 7.25. The van der Waals surface area contributed by atoms with Crippen molar-refractivity contribution in [2.75, 3.05) is 18.9 Å². The van der Waals surface area contributed by atoms with Gasteiger partial charge in [-0.25, -0.2) is 14.4 Å². The van der Waals surface area contributed by atoms with Crippen molar-refractivity contribution in [3.05, 3.63) is 52.0 Å². The van der Waals surface area contributed by atoms with Gasteiger partial charge in [0, 0.05) is 11.2 Å². The fourth-order valence-electron chi connectivity index (χ4n) is 3.20. The van der Waals surface area contributed by atoms with Gasteiger partial charge in [-0.05, 0) is 43.7 Å². The number of nitrogens with one attached hydrogen (secondary N) is 1. The lowest BCUT2D eigenvalue weighted by atomic mass is 9.87. The Morgan fingerprint density at radius 2 is 2.19 bits per heavy atom. The molecule has 170 valence electrons. The molecule has 2 aromatic rings. The summed E-state index contributed by atoms with van der Waals surface area (Å²) in [7, 11) is -3.97. The van der Waals surface area contributed by atoms with Gasteiger partial charge in [0.25, 0.3) is 0 Å². The van der Waals surface area contributed by atoms with E-state index in [1.807, 2.05) is 0 Å². The van der Waals surface area contributed by atoms with Gasteiger partial charge in [0.05, 0.1) is 25.3 Å². The number of nitrogens with zero attached hydrogens (tertiary/aromatic N) is 3. The molecule has 1 aromatic heterocycles. The number of benzene rings is 1. The van der Waals surface area contributed by atoms with E-state index in [1.54, 1.807) is 19.1 Å². The van der Waals surface area contributed by atoms with E-state index in [1.165, 1.54) is 29.0 Å². The fourth-order valence-corrected chi connectivity index (χ4v) is 4.59. The van der Waals surface area contributed by atoms with Crippen molar-refractivity contribution in [1.82, 2.24) is 14.6 Å².